The first-order chi connectivity index (χ1) is 8.90. The van der Waals surface area contributed by atoms with Crippen molar-refractivity contribution in [2.24, 2.45) is 0 Å². The Morgan fingerprint density at radius 1 is 1.21 bits per heavy atom. The Labute approximate surface area is 137 Å². The van der Waals surface area contributed by atoms with E-state index < -0.39 is 10.0 Å². The van der Waals surface area contributed by atoms with Crippen LogP contribution in [-0.4, -0.2) is 8.42 Å². The maximum atomic E-state index is 12.1. The molecule has 2 aromatic rings. The van der Waals surface area contributed by atoms with Crippen molar-refractivity contribution in [2.45, 2.75) is 11.4 Å². The summed E-state index contributed by atoms with van der Waals surface area (Å²) in [5.74, 6) is 0. The Balaban J connectivity index is 2.18. The van der Waals surface area contributed by atoms with Crippen LogP contribution in [-0.2, 0) is 16.6 Å². The Hall–Kier alpha value is 0.0800. The molecule has 1 aromatic heterocycles. The van der Waals surface area contributed by atoms with E-state index in [2.05, 4.69) is 36.6 Å². The lowest BCUT2D eigenvalue weighted by molar-refractivity contribution is 0.581. The van der Waals surface area contributed by atoms with Gasteiger partial charge in [-0.1, -0.05) is 11.6 Å². The summed E-state index contributed by atoms with van der Waals surface area (Å²) in [5.41, 5.74) is 0. The number of benzene rings is 1. The summed E-state index contributed by atoms with van der Waals surface area (Å²) in [4.78, 5) is 1.10. The fourth-order valence-corrected chi connectivity index (χ4v) is 4.53. The van der Waals surface area contributed by atoms with Crippen LogP contribution in [0.5, 0.6) is 0 Å². The van der Waals surface area contributed by atoms with Crippen LogP contribution >= 0.6 is 54.8 Å². The first kappa shape index (κ1) is 15.5. The lowest BCUT2D eigenvalue weighted by atomic mass is 10.4. The number of hydrogen-bond acceptors (Lipinski definition) is 3. The normalized spacial score (nSPS) is 11.7. The predicted octanol–water partition coefficient (Wildman–Crippen LogP) is 4.41. The van der Waals surface area contributed by atoms with Gasteiger partial charge in [-0.2, -0.15) is 0 Å². The van der Waals surface area contributed by atoms with Crippen LogP contribution in [0.2, 0.25) is 5.02 Å². The number of hydrogen-bond donors (Lipinski definition) is 1. The largest absolute Gasteiger partial charge is 0.240 e. The molecule has 1 aromatic carbocycles. The summed E-state index contributed by atoms with van der Waals surface area (Å²) in [5, 5.41) is 2.37. The third-order valence-corrected chi connectivity index (χ3v) is 6.85. The molecule has 3 nitrogen and oxygen atoms in total. The lowest BCUT2D eigenvalue weighted by Crippen LogP contribution is -2.22. The standard InChI is InChI=1S/C11H8Br2ClNO2S2/c12-8-3-4-18-11(8)6-15-19(16,17)7-1-2-10(14)9(13)5-7/h1-5,15H,6H2. The summed E-state index contributed by atoms with van der Waals surface area (Å²) in [6, 6.07) is 6.38. The average molecular weight is 446 g/mol. The van der Waals surface area contributed by atoms with Crippen molar-refractivity contribution in [1.82, 2.24) is 4.72 Å². The highest BCUT2D eigenvalue weighted by atomic mass is 79.9. The fraction of sp³-hybridized carbons (Fsp3) is 0.0909. The second-order valence-corrected chi connectivity index (χ2v) is 8.48. The van der Waals surface area contributed by atoms with Crippen LogP contribution in [0.25, 0.3) is 0 Å². The van der Waals surface area contributed by atoms with Gasteiger partial charge in [-0.05, 0) is 61.5 Å². The number of thiophene rings is 1. The molecule has 0 fully saturated rings. The van der Waals surface area contributed by atoms with Crippen molar-refractivity contribution in [3.63, 3.8) is 0 Å². The molecule has 0 unspecified atom stereocenters. The topological polar surface area (TPSA) is 46.2 Å². The van der Waals surface area contributed by atoms with Crippen LogP contribution in [0.4, 0.5) is 0 Å². The van der Waals surface area contributed by atoms with E-state index in [1.165, 1.54) is 23.5 Å². The average Bonchev–Trinajstić information content (AvgIpc) is 2.76. The van der Waals surface area contributed by atoms with Gasteiger partial charge in [-0.15, -0.1) is 11.3 Å². The highest BCUT2D eigenvalue weighted by molar-refractivity contribution is 9.10. The van der Waals surface area contributed by atoms with E-state index in [0.717, 1.165) is 9.35 Å². The quantitative estimate of drug-likeness (QED) is 0.758. The van der Waals surface area contributed by atoms with Crippen molar-refractivity contribution in [1.29, 1.82) is 0 Å². The van der Waals surface area contributed by atoms with Crippen molar-refractivity contribution < 1.29 is 8.42 Å². The molecule has 0 atom stereocenters. The zero-order chi connectivity index (χ0) is 14.0. The minimum Gasteiger partial charge on any atom is -0.207 e. The van der Waals surface area contributed by atoms with Crippen LogP contribution in [0.15, 0.2) is 43.5 Å². The second-order valence-electron chi connectivity index (χ2n) is 3.59. The zero-order valence-corrected chi connectivity index (χ0v) is 14.9. The molecule has 0 bridgehead atoms. The van der Waals surface area contributed by atoms with Crippen molar-refractivity contribution in [2.75, 3.05) is 0 Å². The van der Waals surface area contributed by atoms with Gasteiger partial charge >= 0.3 is 0 Å². The third kappa shape index (κ3) is 3.80. The van der Waals surface area contributed by atoms with Crippen LogP contribution in [0, 0.1) is 0 Å². The number of rotatable bonds is 4. The summed E-state index contributed by atoms with van der Waals surface area (Å²) in [7, 11) is -3.55. The van der Waals surface area contributed by atoms with E-state index >= 15 is 0 Å². The molecule has 0 amide bonds. The molecule has 19 heavy (non-hydrogen) atoms. The Kier molecular flexibility index (Phi) is 5.08. The summed E-state index contributed by atoms with van der Waals surface area (Å²) in [6.45, 7) is 0.251. The van der Waals surface area contributed by atoms with Gasteiger partial charge in [0, 0.05) is 20.4 Å². The second kappa shape index (κ2) is 6.24. The third-order valence-electron chi connectivity index (χ3n) is 2.32. The zero-order valence-electron chi connectivity index (χ0n) is 9.36. The minimum absolute atomic E-state index is 0.177. The van der Waals surface area contributed by atoms with E-state index in [9.17, 15) is 8.42 Å². The molecule has 0 saturated carbocycles. The van der Waals surface area contributed by atoms with E-state index in [0.29, 0.717) is 9.50 Å². The Morgan fingerprint density at radius 2 is 1.95 bits per heavy atom. The van der Waals surface area contributed by atoms with Gasteiger partial charge in [0.2, 0.25) is 10.0 Å². The summed E-state index contributed by atoms with van der Waals surface area (Å²) in [6.07, 6.45) is 0. The molecular weight excluding hydrogens is 438 g/mol. The highest BCUT2D eigenvalue weighted by Gasteiger charge is 2.16. The predicted molar refractivity (Wildman–Crippen MR) is 85.2 cm³/mol. The molecule has 0 spiro atoms. The van der Waals surface area contributed by atoms with Gasteiger partial charge in [0.05, 0.1) is 9.92 Å². The van der Waals surface area contributed by atoms with Gasteiger partial charge in [0.1, 0.15) is 0 Å². The number of nitrogens with one attached hydrogen (secondary N) is 1. The van der Waals surface area contributed by atoms with E-state index in [-0.39, 0.29) is 11.4 Å². The number of sulfonamides is 1. The molecule has 1 heterocycles. The smallest absolute Gasteiger partial charge is 0.207 e. The van der Waals surface area contributed by atoms with Crippen molar-refractivity contribution in [3.05, 3.63) is 48.5 Å². The molecular formula is C11H8Br2ClNO2S2. The van der Waals surface area contributed by atoms with Crippen LogP contribution in [0.1, 0.15) is 4.88 Å². The molecule has 0 saturated heterocycles. The SMILES string of the molecule is O=S(=O)(NCc1sccc1Br)c1ccc(Cl)c(Br)c1. The summed E-state index contributed by atoms with van der Waals surface area (Å²) < 4.78 is 28.2. The molecule has 2 rings (SSSR count). The molecule has 0 aliphatic heterocycles. The monoisotopic (exact) mass is 443 g/mol. The minimum atomic E-state index is -3.55. The van der Waals surface area contributed by atoms with E-state index in [1.54, 1.807) is 6.07 Å². The Bertz CT molecular complexity index is 700. The first-order valence-corrected chi connectivity index (χ1v) is 9.39. The molecule has 8 heteroatoms. The van der Waals surface area contributed by atoms with Gasteiger partial charge in [-0.25, -0.2) is 13.1 Å². The van der Waals surface area contributed by atoms with Gasteiger partial charge in [0.15, 0.2) is 0 Å². The van der Waals surface area contributed by atoms with Gasteiger partial charge in [0.25, 0.3) is 0 Å². The van der Waals surface area contributed by atoms with E-state index in [1.807, 2.05) is 11.4 Å². The first-order valence-electron chi connectivity index (χ1n) is 5.07. The van der Waals surface area contributed by atoms with Crippen molar-refractivity contribution in [3.8, 4) is 0 Å². The molecule has 0 aliphatic rings. The number of halogens is 3. The van der Waals surface area contributed by atoms with Gasteiger partial charge < -0.3 is 0 Å². The maximum absolute atomic E-state index is 12.1. The van der Waals surface area contributed by atoms with E-state index in [4.69, 9.17) is 11.6 Å². The fourth-order valence-electron chi connectivity index (χ4n) is 1.34. The van der Waals surface area contributed by atoms with Gasteiger partial charge in [-0.3, -0.25) is 0 Å². The van der Waals surface area contributed by atoms with Crippen LogP contribution < -0.4 is 4.72 Å². The van der Waals surface area contributed by atoms with Crippen LogP contribution in [0.3, 0.4) is 0 Å². The maximum Gasteiger partial charge on any atom is 0.240 e. The molecule has 0 aliphatic carbocycles. The molecule has 102 valence electrons. The molecule has 1 N–H and O–H groups in total. The highest BCUT2D eigenvalue weighted by Crippen LogP contribution is 2.26. The Morgan fingerprint density at radius 3 is 2.53 bits per heavy atom. The van der Waals surface area contributed by atoms with Crippen molar-refractivity contribution >= 4 is 64.8 Å². The summed E-state index contributed by atoms with van der Waals surface area (Å²) >= 11 is 13.9. The molecule has 0 radical (unpaired) electrons. The lowest BCUT2D eigenvalue weighted by Gasteiger charge is -2.07.